The molecule has 0 fully saturated rings. The summed E-state index contributed by atoms with van der Waals surface area (Å²) in [5.41, 5.74) is 2.94. The zero-order valence-corrected chi connectivity index (χ0v) is 17.4. The predicted molar refractivity (Wildman–Crippen MR) is 114 cm³/mol. The molecule has 2 amide bonds. The summed E-state index contributed by atoms with van der Waals surface area (Å²) in [7, 11) is 1.76. The summed E-state index contributed by atoms with van der Waals surface area (Å²) in [5.74, 6) is -1.10. The molecule has 8 nitrogen and oxygen atoms in total. The van der Waals surface area contributed by atoms with E-state index in [1.165, 1.54) is 30.5 Å². The first-order chi connectivity index (χ1) is 14.7. The number of benzene rings is 1. The van der Waals surface area contributed by atoms with Gasteiger partial charge in [-0.3, -0.25) is 14.3 Å². The summed E-state index contributed by atoms with van der Waals surface area (Å²) in [6.07, 6.45) is 1.38. The Kier molecular flexibility index (Phi) is 5.02. The number of carbonyl (C=O) groups excluding carboxylic acids is 2. The largest absolute Gasteiger partial charge is 0.469 e. The lowest BCUT2D eigenvalue weighted by Crippen LogP contribution is -2.15. The second-order valence-electron chi connectivity index (χ2n) is 7.21. The van der Waals surface area contributed by atoms with Gasteiger partial charge in [0.05, 0.1) is 34.2 Å². The van der Waals surface area contributed by atoms with Crippen LogP contribution in [0.4, 0.5) is 15.8 Å². The number of aromatic nitrogens is 3. The lowest BCUT2D eigenvalue weighted by Gasteiger charge is -2.11. The van der Waals surface area contributed by atoms with Crippen LogP contribution in [0.1, 0.15) is 37.9 Å². The zero-order valence-electron chi connectivity index (χ0n) is 17.4. The molecule has 0 aliphatic rings. The van der Waals surface area contributed by atoms with E-state index in [-0.39, 0.29) is 11.6 Å². The maximum Gasteiger partial charge on any atom is 0.259 e. The van der Waals surface area contributed by atoms with Crippen LogP contribution in [0.25, 0.3) is 11.0 Å². The van der Waals surface area contributed by atoms with Crippen molar-refractivity contribution in [3.05, 3.63) is 70.7 Å². The van der Waals surface area contributed by atoms with E-state index in [1.54, 1.807) is 38.6 Å². The lowest BCUT2D eigenvalue weighted by molar-refractivity contribution is 0.101. The predicted octanol–water partition coefficient (Wildman–Crippen LogP) is 4.13. The smallest absolute Gasteiger partial charge is 0.259 e. The molecule has 3 heterocycles. The van der Waals surface area contributed by atoms with E-state index in [0.717, 1.165) is 0 Å². The molecule has 2 N–H and O–H groups in total. The number of halogens is 1. The first-order valence-electron chi connectivity index (χ1n) is 9.52. The Morgan fingerprint density at radius 1 is 1.03 bits per heavy atom. The van der Waals surface area contributed by atoms with Crippen LogP contribution in [0.5, 0.6) is 0 Å². The first-order valence-corrected chi connectivity index (χ1v) is 9.52. The number of nitrogens with zero attached hydrogens (tertiary/aromatic N) is 3. The minimum atomic E-state index is -0.627. The first kappa shape index (κ1) is 20.3. The number of hydrogen-bond donors (Lipinski definition) is 2. The molecule has 0 radical (unpaired) electrons. The molecule has 158 valence electrons. The minimum absolute atomic E-state index is 0.0583. The average Bonchev–Trinajstić information content (AvgIpc) is 3.26. The molecule has 3 aromatic heterocycles. The number of anilines is 2. The average molecular weight is 421 g/mol. The molecule has 4 rings (SSSR count). The highest BCUT2D eigenvalue weighted by Gasteiger charge is 2.19. The van der Waals surface area contributed by atoms with Crippen LogP contribution in [-0.4, -0.2) is 26.6 Å². The number of rotatable bonds is 4. The third kappa shape index (κ3) is 3.77. The van der Waals surface area contributed by atoms with E-state index < -0.39 is 11.7 Å². The molecule has 0 saturated heterocycles. The van der Waals surface area contributed by atoms with Crippen molar-refractivity contribution in [1.82, 2.24) is 14.8 Å². The Hall–Kier alpha value is -4.01. The van der Waals surface area contributed by atoms with Gasteiger partial charge in [0, 0.05) is 18.4 Å². The Balaban J connectivity index is 1.63. The van der Waals surface area contributed by atoms with Crippen LogP contribution in [0.3, 0.4) is 0 Å². The van der Waals surface area contributed by atoms with Gasteiger partial charge in [-0.1, -0.05) is 0 Å². The fourth-order valence-electron chi connectivity index (χ4n) is 3.46. The molecule has 0 bridgehead atoms. The van der Waals surface area contributed by atoms with E-state index >= 15 is 0 Å². The number of nitrogens with one attached hydrogen (secondary N) is 2. The Morgan fingerprint density at radius 2 is 1.77 bits per heavy atom. The molecule has 0 atom stereocenters. The quantitative estimate of drug-likeness (QED) is 0.516. The van der Waals surface area contributed by atoms with Crippen LogP contribution in [-0.2, 0) is 7.05 Å². The Bertz CT molecular complexity index is 1340. The van der Waals surface area contributed by atoms with Crippen molar-refractivity contribution >= 4 is 34.2 Å². The third-order valence-electron chi connectivity index (χ3n) is 4.92. The fraction of sp³-hybridized carbons (Fsp3) is 0.182. The van der Waals surface area contributed by atoms with E-state index in [1.807, 2.05) is 0 Å². The highest BCUT2D eigenvalue weighted by molar-refractivity contribution is 6.13. The minimum Gasteiger partial charge on any atom is -0.469 e. The highest BCUT2D eigenvalue weighted by atomic mass is 19.1. The highest BCUT2D eigenvalue weighted by Crippen LogP contribution is 2.25. The van der Waals surface area contributed by atoms with E-state index in [0.29, 0.717) is 45.0 Å². The number of furan rings is 1. The topological polar surface area (TPSA) is 102 Å². The SMILES string of the molecule is Cc1cc(C(=O)Nc2ccc(F)c(NC(=O)c3ccoc3C)c2)c2c(C)nn(C)c2n1. The number of hydrogen-bond acceptors (Lipinski definition) is 5. The molecule has 0 aliphatic heterocycles. The monoisotopic (exact) mass is 421 g/mol. The van der Waals surface area contributed by atoms with Gasteiger partial charge in [0.2, 0.25) is 0 Å². The molecule has 0 aliphatic carbocycles. The number of carbonyl (C=O) groups is 2. The van der Waals surface area contributed by atoms with Gasteiger partial charge in [-0.15, -0.1) is 0 Å². The van der Waals surface area contributed by atoms with Crippen LogP contribution >= 0.6 is 0 Å². The van der Waals surface area contributed by atoms with E-state index in [2.05, 4.69) is 20.7 Å². The summed E-state index contributed by atoms with van der Waals surface area (Å²) >= 11 is 0. The van der Waals surface area contributed by atoms with Gasteiger partial charge in [-0.25, -0.2) is 9.37 Å². The van der Waals surface area contributed by atoms with Crippen molar-refractivity contribution in [2.24, 2.45) is 7.05 Å². The second-order valence-corrected chi connectivity index (χ2v) is 7.21. The van der Waals surface area contributed by atoms with Gasteiger partial charge in [0.15, 0.2) is 5.65 Å². The van der Waals surface area contributed by atoms with Crippen LogP contribution in [0.2, 0.25) is 0 Å². The van der Waals surface area contributed by atoms with Crippen molar-refractivity contribution in [2.75, 3.05) is 10.6 Å². The third-order valence-corrected chi connectivity index (χ3v) is 4.92. The molecule has 1 aromatic carbocycles. The number of fused-ring (bicyclic) bond motifs is 1. The maximum atomic E-state index is 14.3. The normalized spacial score (nSPS) is 11.0. The van der Waals surface area contributed by atoms with Gasteiger partial charge in [-0.05, 0) is 51.1 Å². The van der Waals surface area contributed by atoms with Crippen molar-refractivity contribution in [3.63, 3.8) is 0 Å². The van der Waals surface area contributed by atoms with Crippen molar-refractivity contribution in [3.8, 4) is 0 Å². The molecule has 0 saturated carbocycles. The Labute approximate surface area is 177 Å². The maximum absolute atomic E-state index is 14.3. The molecule has 9 heteroatoms. The van der Waals surface area contributed by atoms with Crippen molar-refractivity contribution < 1.29 is 18.4 Å². The summed E-state index contributed by atoms with van der Waals surface area (Å²) in [5, 5.41) is 10.3. The van der Waals surface area contributed by atoms with Gasteiger partial charge in [0.25, 0.3) is 11.8 Å². The number of amides is 2. The van der Waals surface area contributed by atoms with Crippen molar-refractivity contribution in [2.45, 2.75) is 20.8 Å². The lowest BCUT2D eigenvalue weighted by atomic mass is 10.1. The van der Waals surface area contributed by atoms with Crippen LogP contribution in [0.15, 0.2) is 41.0 Å². The van der Waals surface area contributed by atoms with E-state index in [4.69, 9.17) is 4.42 Å². The van der Waals surface area contributed by atoms with Crippen LogP contribution < -0.4 is 10.6 Å². The summed E-state index contributed by atoms with van der Waals surface area (Å²) in [6.45, 7) is 5.24. The molecular formula is C22H20FN5O3. The summed E-state index contributed by atoms with van der Waals surface area (Å²) in [4.78, 5) is 29.9. The van der Waals surface area contributed by atoms with Crippen molar-refractivity contribution in [1.29, 1.82) is 0 Å². The molecule has 4 aromatic rings. The zero-order chi connectivity index (χ0) is 22.3. The Morgan fingerprint density at radius 3 is 2.48 bits per heavy atom. The molecule has 0 unspecified atom stereocenters. The second kappa shape index (κ2) is 7.67. The van der Waals surface area contributed by atoms with Gasteiger partial charge in [0.1, 0.15) is 11.6 Å². The van der Waals surface area contributed by atoms with E-state index in [9.17, 15) is 14.0 Å². The molecule has 31 heavy (non-hydrogen) atoms. The fourth-order valence-corrected chi connectivity index (χ4v) is 3.46. The molecule has 0 spiro atoms. The summed E-state index contributed by atoms with van der Waals surface area (Å²) < 4.78 is 21.0. The standard InChI is InChI=1S/C22H20FN5O3/c1-11-9-16(19-12(2)27-28(4)20(19)24-11)22(30)25-14-5-6-17(23)18(10-14)26-21(29)15-7-8-31-13(15)3/h5-10H,1-4H3,(H,25,30)(H,26,29). The van der Waals surface area contributed by atoms with Gasteiger partial charge in [-0.2, -0.15) is 5.10 Å². The summed E-state index contributed by atoms with van der Waals surface area (Å²) in [6, 6.07) is 7.15. The molecular weight excluding hydrogens is 401 g/mol. The number of aryl methyl sites for hydroxylation is 4. The number of pyridine rings is 1. The van der Waals surface area contributed by atoms with Gasteiger partial charge < -0.3 is 15.1 Å². The van der Waals surface area contributed by atoms with Gasteiger partial charge >= 0.3 is 0 Å². The van der Waals surface area contributed by atoms with Crippen LogP contribution in [0, 0.1) is 26.6 Å².